The fraction of sp³-hybridized carbons (Fsp3) is 0.929. The van der Waals surface area contributed by atoms with Gasteiger partial charge in [0, 0.05) is 13.0 Å². The molecule has 0 aliphatic carbocycles. The molecule has 0 saturated heterocycles. The monoisotopic (exact) mass is 243 g/mol. The molecule has 0 fully saturated rings. The Labute approximate surface area is 106 Å². The Kier molecular flexibility index (Phi) is 10.2. The quantitative estimate of drug-likeness (QED) is 0.498. The lowest BCUT2D eigenvalue weighted by Crippen LogP contribution is -2.10. The van der Waals surface area contributed by atoms with Gasteiger partial charge in [0.15, 0.2) is 5.90 Å². The van der Waals surface area contributed by atoms with Crippen molar-refractivity contribution in [2.24, 2.45) is 10.9 Å². The Morgan fingerprint density at radius 1 is 1.24 bits per heavy atom. The average Bonchev–Trinajstić information content (AvgIpc) is 2.32. The molecule has 0 spiro atoms. The molecule has 0 saturated carbocycles. The number of ether oxygens (including phenoxy) is 1. The summed E-state index contributed by atoms with van der Waals surface area (Å²) in [5.74, 6) is 1.60. The van der Waals surface area contributed by atoms with Gasteiger partial charge in [0.05, 0.1) is 13.2 Å². The van der Waals surface area contributed by atoms with Crippen LogP contribution in [0.2, 0.25) is 0 Å². The predicted octanol–water partition coefficient (Wildman–Crippen LogP) is 3.41. The molecule has 0 aliphatic rings. The van der Waals surface area contributed by atoms with E-state index in [1.807, 2.05) is 0 Å². The van der Waals surface area contributed by atoms with Gasteiger partial charge in [-0.2, -0.15) is 0 Å². The van der Waals surface area contributed by atoms with E-state index in [4.69, 9.17) is 9.84 Å². The second kappa shape index (κ2) is 10.6. The lowest BCUT2D eigenvalue weighted by atomic mass is 10.0. The van der Waals surface area contributed by atoms with E-state index in [2.05, 4.69) is 25.8 Å². The molecule has 1 N–H and O–H groups in total. The zero-order valence-electron chi connectivity index (χ0n) is 11.9. The van der Waals surface area contributed by atoms with Gasteiger partial charge < -0.3 is 9.84 Å². The smallest absolute Gasteiger partial charge is 0.183 e. The summed E-state index contributed by atoms with van der Waals surface area (Å²) in [6.07, 6.45) is 6.33. The molecular weight excluding hydrogens is 214 g/mol. The summed E-state index contributed by atoms with van der Waals surface area (Å²) in [5, 5.41) is 8.76. The molecular formula is C14H29NO2. The topological polar surface area (TPSA) is 41.8 Å². The van der Waals surface area contributed by atoms with Crippen LogP contribution >= 0.6 is 0 Å². The summed E-state index contributed by atoms with van der Waals surface area (Å²) in [6.45, 7) is 6.82. The van der Waals surface area contributed by atoms with Crippen LogP contribution in [0.3, 0.4) is 0 Å². The van der Waals surface area contributed by atoms with E-state index in [9.17, 15) is 0 Å². The Morgan fingerprint density at radius 2 is 1.94 bits per heavy atom. The second-order valence-corrected chi connectivity index (χ2v) is 4.87. The molecule has 0 aliphatic heterocycles. The molecule has 0 rings (SSSR count). The summed E-state index contributed by atoms with van der Waals surface area (Å²) in [7, 11) is 1.70. The highest BCUT2D eigenvalue weighted by atomic mass is 16.5. The standard InChI is InChI=1S/C14H29NO2/c1-5-7-12(2)9-10-14(17-4)15-13(3)8-6-11-16/h12-13,16H,5-11H2,1-4H3. The first-order valence-electron chi connectivity index (χ1n) is 6.85. The van der Waals surface area contributed by atoms with Gasteiger partial charge in [-0.25, -0.2) is 0 Å². The van der Waals surface area contributed by atoms with Crippen LogP contribution in [0.4, 0.5) is 0 Å². The van der Waals surface area contributed by atoms with Gasteiger partial charge in [-0.15, -0.1) is 0 Å². The fourth-order valence-corrected chi connectivity index (χ4v) is 1.92. The maximum absolute atomic E-state index is 8.76. The predicted molar refractivity (Wildman–Crippen MR) is 73.5 cm³/mol. The summed E-state index contributed by atoms with van der Waals surface area (Å²) in [5.41, 5.74) is 0. The number of aliphatic imine (C=N–C) groups is 1. The third-order valence-electron chi connectivity index (χ3n) is 3.01. The van der Waals surface area contributed by atoms with Crippen LogP contribution in [0.25, 0.3) is 0 Å². The highest BCUT2D eigenvalue weighted by Gasteiger charge is 2.07. The van der Waals surface area contributed by atoms with E-state index < -0.39 is 0 Å². The number of hydrogen-bond acceptors (Lipinski definition) is 3. The van der Waals surface area contributed by atoms with E-state index in [-0.39, 0.29) is 12.6 Å². The van der Waals surface area contributed by atoms with Crippen molar-refractivity contribution in [2.45, 2.75) is 65.3 Å². The number of rotatable bonds is 9. The van der Waals surface area contributed by atoms with Crippen molar-refractivity contribution in [1.29, 1.82) is 0 Å². The molecule has 0 radical (unpaired) electrons. The van der Waals surface area contributed by atoms with Crippen LogP contribution in [0.15, 0.2) is 4.99 Å². The third kappa shape index (κ3) is 9.16. The molecule has 17 heavy (non-hydrogen) atoms. The zero-order chi connectivity index (χ0) is 13.1. The molecule has 0 amide bonds. The number of methoxy groups -OCH3 is 1. The van der Waals surface area contributed by atoms with Gasteiger partial charge >= 0.3 is 0 Å². The summed E-state index contributed by atoms with van der Waals surface area (Å²) in [4.78, 5) is 4.55. The normalized spacial score (nSPS) is 15.7. The zero-order valence-corrected chi connectivity index (χ0v) is 11.9. The first-order valence-corrected chi connectivity index (χ1v) is 6.85. The van der Waals surface area contributed by atoms with Crippen LogP contribution < -0.4 is 0 Å². The van der Waals surface area contributed by atoms with Crippen molar-refractivity contribution in [3.8, 4) is 0 Å². The van der Waals surface area contributed by atoms with Crippen LogP contribution in [0.1, 0.15) is 59.3 Å². The maximum atomic E-state index is 8.76. The van der Waals surface area contributed by atoms with Crippen molar-refractivity contribution in [1.82, 2.24) is 0 Å². The van der Waals surface area contributed by atoms with Crippen molar-refractivity contribution in [3.05, 3.63) is 0 Å². The van der Waals surface area contributed by atoms with Gasteiger partial charge in [0.1, 0.15) is 0 Å². The van der Waals surface area contributed by atoms with Crippen LogP contribution in [-0.4, -0.2) is 30.8 Å². The first kappa shape index (κ1) is 16.4. The van der Waals surface area contributed by atoms with Crippen molar-refractivity contribution >= 4 is 5.90 Å². The molecule has 2 atom stereocenters. The fourth-order valence-electron chi connectivity index (χ4n) is 1.92. The Balaban J connectivity index is 3.99. The molecule has 102 valence electrons. The van der Waals surface area contributed by atoms with E-state index in [1.54, 1.807) is 7.11 Å². The molecule has 0 heterocycles. The summed E-state index contributed by atoms with van der Waals surface area (Å²) in [6, 6.07) is 0.249. The number of aliphatic hydroxyl groups is 1. The highest BCUT2D eigenvalue weighted by molar-refractivity contribution is 5.76. The van der Waals surface area contributed by atoms with Crippen LogP contribution in [0, 0.1) is 5.92 Å². The van der Waals surface area contributed by atoms with Crippen molar-refractivity contribution < 1.29 is 9.84 Å². The minimum atomic E-state index is 0.246. The molecule has 0 bridgehead atoms. The minimum absolute atomic E-state index is 0.246. The van der Waals surface area contributed by atoms with Crippen molar-refractivity contribution in [2.75, 3.05) is 13.7 Å². The van der Waals surface area contributed by atoms with Gasteiger partial charge in [-0.05, 0) is 32.1 Å². The maximum Gasteiger partial charge on any atom is 0.183 e. The van der Waals surface area contributed by atoms with Crippen LogP contribution in [0.5, 0.6) is 0 Å². The Morgan fingerprint density at radius 3 is 2.47 bits per heavy atom. The van der Waals surface area contributed by atoms with Gasteiger partial charge in [0.25, 0.3) is 0 Å². The Hall–Kier alpha value is -0.570. The molecule has 0 aromatic carbocycles. The SMILES string of the molecule is CCCC(C)CCC(=NC(C)CCCO)OC. The molecule has 0 aromatic heterocycles. The first-order chi connectivity index (χ1) is 8.13. The average molecular weight is 243 g/mol. The lowest BCUT2D eigenvalue weighted by molar-refractivity contribution is 0.280. The Bertz CT molecular complexity index is 204. The van der Waals surface area contributed by atoms with Crippen molar-refractivity contribution in [3.63, 3.8) is 0 Å². The van der Waals surface area contributed by atoms with E-state index in [0.29, 0.717) is 0 Å². The number of hydrogen-bond donors (Lipinski definition) is 1. The lowest BCUT2D eigenvalue weighted by Gasteiger charge is -2.12. The number of aliphatic hydroxyl groups excluding tert-OH is 1. The molecule has 2 unspecified atom stereocenters. The van der Waals surface area contributed by atoms with Gasteiger partial charge in [-0.3, -0.25) is 4.99 Å². The van der Waals surface area contributed by atoms with E-state index in [0.717, 1.165) is 37.5 Å². The molecule has 3 nitrogen and oxygen atoms in total. The summed E-state index contributed by atoms with van der Waals surface area (Å²) >= 11 is 0. The largest absolute Gasteiger partial charge is 0.484 e. The van der Waals surface area contributed by atoms with Crippen LogP contribution in [-0.2, 0) is 4.74 Å². The number of nitrogens with zero attached hydrogens (tertiary/aromatic N) is 1. The minimum Gasteiger partial charge on any atom is -0.484 e. The van der Waals surface area contributed by atoms with Gasteiger partial charge in [0.2, 0.25) is 0 Å². The van der Waals surface area contributed by atoms with Gasteiger partial charge in [-0.1, -0.05) is 26.7 Å². The second-order valence-electron chi connectivity index (χ2n) is 4.87. The van der Waals surface area contributed by atoms with E-state index in [1.165, 1.54) is 12.8 Å². The highest BCUT2D eigenvalue weighted by Crippen LogP contribution is 2.13. The molecule has 3 heteroatoms. The molecule has 0 aromatic rings. The third-order valence-corrected chi connectivity index (χ3v) is 3.01. The summed E-state index contributed by atoms with van der Waals surface area (Å²) < 4.78 is 5.32. The van der Waals surface area contributed by atoms with E-state index >= 15 is 0 Å².